The normalized spacial score (nSPS) is 10.9. The summed E-state index contributed by atoms with van der Waals surface area (Å²) < 4.78 is 5.03. The molecule has 0 aliphatic carbocycles. The summed E-state index contributed by atoms with van der Waals surface area (Å²) in [5.41, 5.74) is 3.02. The van der Waals surface area contributed by atoms with Crippen molar-refractivity contribution in [3.63, 3.8) is 0 Å². The third-order valence-electron chi connectivity index (χ3n) is 2.46. The molecular weight excluding hydrogens is 190 g/mol. The highest BCUT2D eigenvalue weighted by atomic mass is 16.3. The van der Waals surface area contributed by atoms with Crippen molar-refractivity contribution in [3.8, 4) is 17.0 Å². The lowest BCUT2D eigenvalue weighted by atomic mass is 10.1. The van der Waals surface area contributed by atoms with Crippen LogP contribution in [0.4, 0.5) is 0 Å². The van der Waals surface area contributed by atoms with E-state index in [-0.39, 0.29) is 5.88 Å². The minimum absolute atomic E-state index is 0.189. The van der Waals surface area contributed by atoms with E-state index in [0.717, 1.165) is 22.0 Å². The van der Waals surface area contributed by atoms with Crippen LogP contribution in [0.5, 0.6) is 5.88 Å². The molecule has 3 nitrogen and oxygen atoms in total. The first kappa shape index (κ1) is 8.17. The molecule has 0 aliphatic rings. The highest BCUT2D eigenvalue weighted by molar-refractivity contribution is 5.86. The molecule has 2 aromatic heterocycles. The fraction of sp³-hybridized carbons (Fsp3) is 0. The van der Waals surface area contributed by atoms with Crippen molar-refractivity contribution in [2.75, 3.05) is 0 Å². The molecule has 1 aromatic carbocycles. The van der Waals surface area contributed by atoms with Gasteiger partial charge in [0, 0.05) is 22.5 Å². The van der Waals surface area contributed by atoms with Gasteiger partial charge in [0.25, 0.3) is 0 Å². The maximum atomic E-state index is 9.30. The Balaban J connectivity index is 2.21. The Labute approximate surface area is 86.0 Å². The number of furan rings is 1. The van der Waals surface area contributed by atoms with Crippen LogP contribution in [-0.4, -0.2) is 10.1 Å². The van der Waals surface area contributed by atoms with Crippen LogP contribution in [-0.2, 0) is 0 Å². The summed E-state index contributed by atoms with van der Waals surface area (Å²) in [4.78, 5) is 2.89. The number of nitrogens with one attached hydrogen (secondary N) is 1. The van der Waals surface area contributed by atoms with Crippen LogP contribution in [0.15, 0.2) is 47.3 Å². The lowest BCUT2D eigenvalue weighted by molar-refractivity contribution is 0.458. The van der Waals surface area contributed by atoms with E-state index in [0.29, 0.717) is 0 Å². The zero-order valence-electron chi connectivity index (χ0n) is 7.90. The van der Waals surface area contributed by atoms with Gasteiger partial charge in [0.15, 0.2) is 5.88 Å². The van der Waals surface area contributed by atoms with Gasteiger partial charge in [-0.05, 0) is 17.7 Å². The molecule has 3 rings (SSSR count). The molecule has 3 aromatic rings. The Bertz CT molecular complexity index is 593. The van der Waals surface area contributed by atoms with Crippen LogP contribution in [0.2, 0.25) is 0 Å². The van der Waals surface area contributed by atoms with E-state index in [4.69, 9.17) is 4.42 Å². The Morgan fingerprint density at radius 1 is 1.07 bits per heavy atom. The van der Waals surface area contributed by atoms with Crippen molar-refractivity contribution in [2.45, 2.75) is 0 Å². The molecule has 0 bridgehead atoms. The van der Waals surface area contributed by atoms with Gasteiger partial charge in [-0.15, -0.1) is 0 Å². The van der Waals surface area contributed by atoms with Gasteiger partial charge in [-0.3, -0.25) is 0 Å². The SMILES string of the molecule is Oc1cc2ccc(-c3ccoc3)cc2[nH]1. The molecule has 2 N–H and O–H groups in total. The average Bonchev–Trinajstić information content (AvgIpc) is 2.82. The summed E-state index contributed by atoms with van der Waals surface area (Å²) in [5.74, 6) is 0.189. The molecule has 0 fully saturated rings. The summed E-state index contributed by atoms with van der Waals surface area (Å²) in [5, 5.41) is 10.3. The largest absolute Gasteiger partial charge is 0.495 e. The van der Waals surface area contributed by atoms with Crippen molar-refractivity contribution in [1.82, 2.24) is 4.98 Å². The molecule has 0 radical (unpaired) electrons. The maximum Gasteiger partial charge on any atom is 0.189 e. The molecular formula is C12H9NO2. The molecule has 3 heteroatoms. The highest BCUT2D eigenvalue weighted by Crippen LogP contribution is 2.26. The standard InChI is InChI=1S/C12H9NO2/c14-12-6-9-2-1-8(5-11(9)13-12)10-3-4-15-7-10/h1-7,13-14H. The summed E-state index contributed by atoms with van der Waals surface area (Å²) in [7, 11) is 0. The molecule has 0 saturated heterocycles. The number of hydrogen-bond donors (Lipinski definition) is 2. The van der Waals surface area contributed by atoms with Gasteiger partial charge in [0.2, 0.25) is 0 Å². The average molecular weight is 199 g/mol. The minimum Gasteiger partial charge on any atom is -0.495 e. The van der Waals surface area contributed by atoms with Crippen LogP contribution in [0.25, 0.3) is 22.0 Å². The lowest BCUT2D eigenvalue weighted by Gasteiger charge is -1.96. The molecule has 0 unspecified atom stereocenters. The fourth-order valence-electron chi connectivity index (χ4n) is 1.72. The Morgan fingerprint density at radius 3 is 2.80 bits per heavy atom. The van der Waals surface area contributed by atoms with Crippen molar-refractivity contribution in [1.29, 1.82) is 0 Å². The lowest BCUT2D eigenvalue weighted by Crippen LogP contribution is -1.73. The highest BCUT2D eigenvalue weighted by Gasteiger charge is 2.03. The van der Waals surface area contributed by atoms with E-state index in [1.165, 1.54) is 0 Å². The fourth-order valence-corrected chi connectivity index (χ4v) is 1.72. The van der Waals surface area contributed by atoms with Gasteiger partial charge in [0.05, 0.1) is 12.5 Å². The van der Waals surface area contributed by atoms with Crippen LogP contribution in [0.1, 0.15) is 0 Å². The van der Waals surface area contributed by atoms with E-state index in [1.54, 1.807) is 18.6 Å². The van der Waals surface area contributed by atoms with Crippen LogP contribution in [0, 0.1) is 0 Å². The topological polar surface area (TPSA) is 49.2 Å². The van der Waals surface area contributed by atoms with Gasteiger partial charge < -0.3 is 14.5 Å². The monoisotopic (exact) mass is 199 g/mol. The second kappa shape index (κ2) is 2.92. The maximum absolute atomic E-state index is 9.30. The number of hydrogen-bond acceptors (Lipinski definition) is 2. The Morgan fingerprint density at radius 2 is 2.00 bits per heavy atom. The zero-order chi connectivity index (χ0) is 10.3. The minimum atomic E-state index is 0.189. The van der Waals surface area contributed by atoms with E-state index in [1.807, 2.05) is 24.3 Å². The number of aromatic hydroxyl groups is 1. The molecule has 0 amide bonds. The van der Waals surface area contributed by atoms with Crippen LogP contribution in [0.3, 0.4) is 0 Å². The molecule has 0 spiro atoms. The number of aromatic nitrogens is 1. The number of benzene rings is 1. The third kappa shape index (κ3) is 1.29. The summed E-state index contributed by atoms with van der Waals surface area (Å²) in [6, 6.07) is 9.56. The number of rotatable bonds is 1. The second-order valence-corrected chi connectivity index (χ2v) is 3.47. The van der Waals surface area contributed by atoms with Crippen molar-refractivity contribution in [2.24, 2.45) is 0 Å². The first-order valence-electron chi connectivity index (χ1n) is 4.67. The van der Waals surface area contributed by atoms with Crippen molar-refractivity contribution < 1.29 is 9.52 Å². The number of fused-ring (bicyclic) bond motifs is 1. The van der Waals surface area contributed by atoms with Crippen molar-refractivity contribution in [3.05, 3.63) is 42.9 Å². The number of aromatic amines is 1. The molecule has 0 aliphatic heterocycles. The predicted octanol–water partition coefficient (Wildman–Crippen LogP) is 3.13. The zero-order valence-corrected chi connectivity index (χ0v) is 7.90. The van der Waals surface area contributed by atoms with Gasteiger partial charge in [0.1, 0.15) is 0 Å². The smallest absolute Gasteiger partial charge is 0.189 e. The van der Waals surface area contributed by atoms with Gasteiger partial charge >= 0.3 is 0 Å². The molecule has 74 valence electrons. The third-order valence-corrected chi connectivity index (χ3v) is 2.46. The Hall–Kier alpha value is -2.16. The van der Waals surface area contributed by atoms with Gasteiger partial charge in [-0.1, -0.05) is 12.1 Å². The summed E-state index contributed by atoms with van der Waals surface area (Å²) >= 11 is 0. The van der Waals surface area contributed by atoms with E-state index < -0.39 is 0 Å². The number of H-pyrrole nitrogens is 1. The first-order chi connectivity index (χ1) is 7.33. The predicted molar refractivity (Wildman–Crippen MR) is 57.7 cm³/mol. The van der Waals surface area contributed by atoms with Crippen molar-refractivity contribution >= 4 is 10.9 Å². The molecule has 0 saturated carbocycles. The van der Waals surface area contributed by atoms with Crippen LogP contribution >= 0.6 is 0 Å². The van der Waals surface area contributed by atoms with Gasteiger partial charge in [-0.2, -0.15) is 0 Å². The quantitative estimate of drug-likeness (QED) is 0.632. The molecule has 0 atom stereocenters. The van der Waals surface area contributed by atoms with Crippen LogP contribution < -0.4 is 0 Å². The summed E-state index contributed by atoms with van der Waals surface area (Å²) in [6.07, 6.45) is 3.34. The van der Waals surface area contributed by atoms with E-state index >= 15 is 0 Å². The molecule has 2 heterocycles. The second-order valence-electron chi connectivity index (χ2n) is 3.47. The van der Waals surface area contributed by atoms with E-state index in [9.17, 15) is 5.11 Å². The van der Waals surface area contributed by atoms with E-state index in [2.05, 4.69) is 4.98 Å². The first-order valence-corrected chi connectivity index (χ1v) is 4.67. The molecule has 15 heavy (non-hydrogen) atoms. The summed E-state index contributed by atoms with van der Waals surface area (Å²) in [6.45, 7) is 0. The Kier molecular flexibility index (Phi) is 1.59. The van der Waals surface area contributed by atoms with Gasteiger partial charge in [-0.25, -0.2) is 0 Å².